The van der Waals surface area contributed by atoms with Gasteiger partial charge in [0.25, 0.3) is 11.8 Å². The second-order valence-corrected chi connectivity index (χ2v) is 7.58. The standard InChI is InChI=1S/C20H29N3O4/c1-5-6-11-27-12-7-10-21-19(26)22-14-8-9-15-16(13-14)18(25)23(17(15)24)20(2,3)4/h8-9,13H,5-7,10-12H2,1-4H3,(H2,21,22,26). The third-order valence-corrected chi connectivity index (χ3v) is 4.21. The predicted octanol–water partition coefficient (Wildman–Crippen LogP) is 3.41. The number of imide groups is 1. The summed E-state index contributed by atoms with van der Waals surface area (Å²) in [5.74, 6) is -0.641. The van der Waals surface area contributed by atoms with Crippen LogP contribution in [0.25, 0.3) is 0 Å². The SMILES string of the molecule is CCCCOCCCNC(=O)Nc1ccc2c(c1)C(=O)N(C(C)(C)C)C2=O. The third kappa shape index (κ3) is 5.29. The van der Waals surface area contributed by atoms with Gasteiger partial charge in [-0.1, -0.05) is 13.3 Å². The smallest absolute Gasteiger partial charge is 0.319 e. The fraction of sp³-hybridized carbons (Fsp3) is 0.550. The Labute approximate surface area is 160 Å². The van der Waals surface area contributed by atoms with Crippen LogP contribution >= 0.6 is 0 Å². The number of benzene rings is 1. The number of hydrogen-bond acceptors (Lipinski definition) is 4. The summed E-state index contributed by atoms with van der Waals surface area (Å²) < 4.78 is 5.44. The molecule has 2 N–H and O–H groups in total. The van der Waals surface area contributed by atoms with E-state index in [1.807, 2.05) is 20.8 Å². The molecule has 0 bridgehead atoms. The number of ether oxygens (including phenoxy) is 1. The highest BCUT2D eigenvalue weighted by molar-refractivity contribution is 6.22. The first-order chi connectivity index (χ1) is 12.8. The highest BCUT2D eigenvalue weighted by Crippen LogP contribution is 2.30. The molecule has 27 heavy (non-hydrogen) atoms. The average Bonchev–Trinajstić information content (AvgIpc) is 2.84. The number of nitrogens with one attached hydrogen (secondary N) is 2. The Hall–Kier alpha value is -2.41. The van der Waals surface area contributed by atoms with E-state index in [-0.39, 0.29) is 17.8 Å². The highest BCUT2D eigenvalue weighted by atomic mass is 16.5. The number of fused-ring (bicyclic) bond motifs is 1. The van der Waals surface area contributed by atoms with Gasteiger partial charge in [0.2, 0.25) is 0 Å². The van der Waals surface area contributed by atoms with Gasteiger partial charge < -0.3 is 15.4 Å². The summed E-state index contributed by atoms with van der Waals surface area (Å²) >= 11 is 0. The molecule has 0 aromatic heterocycles. The molecule has 7 nitrogen and oxygen atoms in total. The number of rotatable bonds is 8. The minimum atomic E-state index is -0.600. The zero-order chi connectivity index (χ0) is 20.0. The number of hydrogen-bond donors (Lipinski definition) is 2. The minimum Gasteiger partial charge on any atom is -0.381 e. The fourth-order valence-corrected chi connectivity index (χ4v) is 2.83. The van der Waals surface area contributed by atoms with Crippen molar-refractivity contribution in [2.75, 3.05) is 25.1 Å². The molecule has 0 atom stereocenters. The number of unbranched alkanes of at least 4 members (excludes halogenated alkanes) is 1. The number of anilines is 1. The molecule has 0 radical (unpaired) electrons. The minimum absolute atomic E-state index is 0.304. The van der Waals surface area contributed by atoms with Crippen LogP contribution in [0, 0.1) is 0 Å². The molecular weight excluding hydrogens is 346 g/mol. The first kappa shape index (κ1) is 20.9. The fourth-order valence-electron chi connectivity index (χ4n) is 2.83. The van der Waals surface area contributed by atoms with Gasteiger partial charge in [-0.15, -0.1) is 0 Å². The lowest BCUT2D eigenvalue weighted by atomic mass is 10.1. The number of carbonyl (C=O) groups excluding carboxylic acids is 3. The molecule has 0 unspecified atom stereocenters. The highest BCUT2D eigenvalue weighted by Gasteiger charge is 2.41. The zero-order valence-corrected chi connectivity index (χ0v) is 16.6. The van der Waals surface area contributed by atoms with Gasteiger partial charge in [-0.05, 0) is 51.8 Å². The van der Waals surface area contributed by atoms with Crippen LogP contribution in [0.4, 0.5) is 10.5 Å². The second-order valence-electron chi connectivity index (χ2n) is 7.58. The molecule has 1 aliphatic rings. The first-order valence-electron chi connectivity index (χ1n) is 9.41. The van der Waals surface area contributed by atoms with Gasteiger partial charge in [0.05, 0.1) is 11.1 Å². The molecule has 0 aliphatic carbocycles. The summed E-state index contributed by atoms with van der Waals surface area (Å²) in [6.07, 6.45) is 2.87. The van der Waals surface area contributed by atoms with E-state index < -0.39 is 5.54 Å². The van der Waals surface area contributed by atoms with Crippen LogP contribution in [0.1, 0.15) is 67.7 Å². The maximum Gasteiger partial charge on any atom is 0.319 e. The summed E-state index contributed by atoms with van der Waals surface area (Å²) in [5, 5.41) is 5.45. The maximum atomic E-state index is 12.6. The molecule has 4 amide bonds. The van der Waals surface area contributed by atoms with Crippen molar-refractivity contribution < 1.29 is 19.1 Å². The van der Waals surface area contributed by atoms with Crippen LogP contribution in [-0.2, 0) is 4.74 Å². The Balaban J connectivity index is 1.88. The number of amides is 4. The van der Waals surface area contributed by atoms with E-state index in [2.05, 4.69) is 17.6 Å². The van der Waals surface area contributed by atoms with E-state index in [4.69, 9.17) is 4.74 Å². The molecule has 2 rings (SSSR count). The second kappa shape index (κ2) is 8.99. The zero-order valence-electron chi connectivity index (χ0n) is 16.6. The van der Waals surface area contributed by atoms with Gasteiger partial charge >= 0.3 is 6.03 Å². The lowest BCUT2D eigenvalue weighted by Crippen LogP contribution is -2.45. The van der Waals surface area contributed by atoms with Crippen molar-refractivity contribution in [1.29, 1.82) is 0 Å². The quantitative estimate of drug-likeness (QED) is 0.538. The van der Waals surface area contributed by atoms with Crippen molar-refractivity contribution in [1.82, 2.24) is 10.2 Å². The van der Waals surface area contributed by atoms with Crippen LogP contribution in [-0.4, -0.2) is 48.0 Å². The molecule has 1 aromatic carbocycles. The molecule has 0 saturated heterocycles. The summed E-state index contributed by atoms with van der Waals surface area (Å²) in [5.41, 5.74) is 0.557. The molecule has 0 saturated carbocycles. The number of carbonyl (C=O) groups is 3. The molecule has 0 spiro atoms. The molecular formula is C20H29N3O4. The lowest BCUT2D eigenvalue weighted by Gasteiger charge is -2.29. The van der Waals surface area contributed by atoms with E-state index in [0.29, 0.717) is 30.0 Å². The molecule has 1 aromatic rings. The van der Waals surface area contributed by atoms with E-state index in [0.717, 1.165) is 25.9 Å². The average molecular weight is 375 g/mol. The molecule has 7 heteroatoms. The molecule has 148 valence electrons. The predicted molar refractivity (Wildman–Crippen MR) is 104 cm³/mol. The Morgan fingerprint density at radius 3 is 2.41 bits per heavy atom. The van der Waals surface area contributed by atoms with Crippen molar-refractivity contribution >= 4 is 23.5 Å². The first-order valence-corrected chi connectivity index (χ1v) is 9.41. The monoisotopic (exact) mass is 375 g/mol. The van der Waals surface area contributed by atoms with E-state index in [1.54, 1.807) is 18.2 Å². The van der Waals surface area contributed by atoms with Crippen molar-refractivity contribution in [3.8, 4) is 0 Å². The number of urea groups is 1. The third-order valence-electron chi connectivity index (χ3n) is 4.21. The number of nitrogens with zero attached hydrogens (tertiary/aromatic N) is 1. The van der Waals surface area contributed by atoms with Gasteiger partial charge in [-0.3, -0.25) is 14.5 Å². The summed E-state index contributed by atoms with van der Waals surface area (Å²) in [6, 6.07) is 4.41. The van der Waals surface area contributed by atoms with Crippen molar-refractivity contribution in [3.63, 3.8) is 0 Å². The summed E-state index contributed by atoms with van der Waals surface area (Å²) in [6.45, 7) is 9.40. The maximum absolute atomic E-state index is 12.6. The van der Waals surface area contributed by atoms with Crippen LogP contribution in [0.5, 0.6) is 0 Å². The lowest BCUT2D eigenvalue weighted by molar-refractivity contribution is 0.0507. The van der Waals surface area contributed by atoms with Crippen molar-refractivity contribution in [3.05, 3.63) is 29.3 Å². The van der Waals surface area contributed by atoms with Crippen LogP contribution in [0.2, 0.25) is 0 Å². The van der Waals surface area contributed by atoms with Crippen molar-refractivity contribution in [2.45, 2.75) is 52.5 Å². The largest absolute Gasteiger partial charge is 0.381 e. The van der Waals surface area contributed by atoms with E-state index in [9.17, 15) is 14.4 Å². The topological polar surface area (TPSA) is 87.7 Å². The summed E-state index contributed by atoms with van der Waals surface area (Å²) in [7, 11) is 0. The van der Waals surface area contributed by atoms with Gasteiger partial charge in [-0.2, -0.15) is 0 Å². The van der Waals surface area contributed by atoms with Gasteiger partial charge in [0, 0.05) is 31.0 Å². The Kier molecular flexibility index (Phi) is 6.96. The molecule has 1 aliphatic heterocycles. The Morgan fingerprint density at radius 2 is 1.74 bits per heavy atom. The van der Waals surface area contributed by atoms with Gasteiger partial charge in [-0.25, -0.2) is 4.79 Å². The van der Waals surface area contributed by atoms with Gasteiger partial charge in [0.1, 0.15) is 0 Å². The molecule has 0 fully saturated rings. The van der Waals surface area contributed by atoms with Crippen LogP contribution in [0.15, 0.2) is 18.2 Å². The normalized spacial score (nSPS) is 13.7. The van der Waals surface area contributed by atoms with Crippen molar-refractivity contribution in [2.24, 2.45) is 0 Å². The van der Waals surface area contributed by atoms with E-state index >= 15 is 0 Å². The van der Waals surface area contributed by atoms with Gasteiger partial charge in [0.15, 0.2) is 0 Å². The Bertz CT molecular complexity index is 710. The summed E-state index contributed by atoms with van der Waals surface area (Å²) in [4.78, 5) is 38.3. The van der Waals surface area contributed by atoms with E-state index in [1.165, 1.54) is 4.90 Å². The van der Waals surface area contributed by atoms with Crippen LogP contribution < -0.4 is 10.6 Å². The Morgan fingerprint density at radius 1 is 1.07 bits per heavy atom. The molecule has 1 heterocycles. The van der Waals surface area contributed by atoms with Crippen LogP contribution in [0.3, 0.4) is 0 Å².